The van der Waals surface area contributed by atoms with Crippen molar-refractivity contribution in [3.05, 3.63) is 95.8 Å². The molecule has 2 aromatic heterocycles. The molecule has 0 bridgehead atoms. The molecule has 2 fully saturated rings. The quantitative estimate of drug-likeness (QED) is 0.252. The average Bonchev–Trinajstić information content (AvgIpc) is 3.22. The van der Waals surface area contributed by atoms with E-state index in [1.165, 1.54) is 0 Å². The lowest BCUT2D eigenvalue weighted by atomic mass is 9.65. The lowest BCUT2D eigenvalue weighted by Gasteiger charge is -2.45. The van der Waals surface area contributed by atoms with Crippen molar-refractivity contribution in [3.63, 3.8) is 0 Å². The Bertz CT molecular complexity index is 1860. The number of ether oxygens (including phenoxy) is 4. The molecule has 2 aromatic carbocycles. The molecular weight excluding hydrogens is 660 g/mol. The van der Waals surface area contributed by atoms with Crippen LogP contribution in [0.4, 0.5) is 11.6 Å². The molecule has 272 valence electrons. The summed E-state index contributed by atoms with van der Waals surface area (Å²) < 4.78 is 22.9. The fourth-order valence-corrected chi connectivity index (χ4v) is 8.02. The molecule has 2 aliphatic heterocycles. The summed E-state index contributed by atoms with van der Waals surface area (Å²) in [4.78, 5) is 47.4. The zero-order valence-corrected chi connectivity index (χ0v) is 30.2. The van der Waals surface area contributed by atoms with Gasteiger partial charge in [0.15, 0.2) is 23.0 Å². The van der Waals surface area contributed by atoms with Gasteiger partial charge in [-0.25, -0.2) is 9.97 Å². The van der Waals surface area contributed by atoms with Crippen molar-refractivity contribution < 1.29 is 28.5 Å². The van der Waals surface area contributed by atoms with Crippen LogP contribution in [0.25, 0.3) is 0 Å². The number of hydrogen-bond acceptors (Lipinski definition) is 10. The van der Waals surface area contributed by atoms with Gasteiger partial charge in [0.1, 0.15) is 11.6 Å². The highest BCUT2D eigenvalue weighted by molar-refractivity contribution is 5.90. The number of carbonyl (C=O) groups is 2. The van der Waals surface area contributed by atoms with Crippen LogP contribution in [0.3, 0.4) is 0 Å². The summed E-state index contributed by atoms with van der Waals surface area (Å²) in [5, 5.41) is 0. The van der Waals surface area contributed by atoms with Crippen LogP contribution >= 0.6 is 0 Å². The Morgan fingerprint density at radius 3 is 1.63 bits per heavy atom. The van der Waals surface area contributed by atoms with Gasteiger partial charge in [-0.05, 0) is 71.6 Å². The molecular formula is C40H46N6O6. The van der Waals surface area contributed by atoms with Gasteiger partial charge in [0.2, 0.25) is 11.8 Å². The smallest absolute Gasteiger partial charge is 0.227 e. The molecule has 3 unspecified atom stereocenters. The molecule has 0 N–H and O–H groups in total. The number of nitrogens with zero attached hydrogens (tertiary/aromatic N) is 6. The molecule has 0 radical (unpaired) electrons. The molecule has 2 saturated heterocycles. The minimum absolute atomic E-state index is 0.0166. The third-order valence-electron chi connectivity index (χ3n) is 10.7. The number of aromatic nitrogens is 2. The Balaban J connectivity index is 1.28. The van der Waals surface area contributed by atoms with Crippen molar-refractivity contribution >= 4 is 23.5 Å². The third kappa shape index (κ3) is 6.77. The molecule has 4 aromatic rings. The molecule has 0 spiro atoms. The first-order chi connectivity index (χ1) is 25.4. The number of fused-ring (bicyclic) bond motifs is 1. The van der Waals surface area contributed by atoms with Gasteiger partial charge in [-0.15, -0.1) is 0 Å². The first-order valence-electron chi connectivity index (χ1n) is 17.8. The monoisotopic (exact) mass is 706 g/mol. The number of anilines is 2. The Kier molecular flexibility index (Phi) is 10.3. The van der Waals surface area contributed by atoms with E-state index in [0.29, 0.717) is 81.8 Å². The highest BCUT2D eigenvalue weighted by Crippen LogP contribution is 2.49. The Morgan fingerprint density at radius 2 is 1.12 bits per heavy atom. The predicted octanol–water partition coefficient (Wildman–Crippen LogP) is 4.13. The number of rotatable bonds is 9. The fourth-order valence-electron chi connectivity index (χ4n) is 8.02. The van der Waals surface area contributed by atoms with Crippen LogP contribution in [0, 0.1) is 11.8 Å². The van der Waals surface area contributed by atoms with Crippen LogP contribution in [0.5, 0.6) is 23.0 Å². The van der Waals surface area contributed by atoms with E-state index in [2.05, 4.69) is 19.8 Å². The Morgan fingerprint density at radius 1 is 0.596 bits per heavy atom. The zero-order valence-electron chi connectivity index (χ0n) is 30.2. The summed E-state index contributed by atoms with van der Waals surface area (Å²) >= 11 is 0. The van der Waals surface area contributed by atoms with Crippen LogP contribution < -0.4 is 28.7 Å². The molecule has 7 rings (SSSR count). The first kappa shape index (κ1) is 34.9. The summed E-state index contributed by atoms with van der Waals surface area (Å²) in [6.07, 6.45) is 3.97. The summed E-state index contributed by atoms with van der Waals surface area (Å²) in [6, 6.07) is 21.5. The number of hydrogen-bond donors (Lipinski definition) is 0. The van der Waals surface area contributed by atoms with E-state index in [1.807, 2.05) is 76.5 Å². The molecule has 2 amide bonds. The van der Waals surface area contributed by atoms with Gasteiger partial charge in [0, 0.05) is 70.7 Å². The maximum atomic E-state index is 15.2. The van der Waals surface area contributed by atoms with E-state index >= 15 is 4.79 Å². The lowest BCUT2D eigenvalue weighted by molar-refractivity contribution is -0.148. The van der Waals surface area contributed by atoms with E-state index in [4.69, 9.17) is 18.9 Å². The number of benzene rings is 2. The lowest BCUT2D eigenvalue weighted by Crippen LogP contribution is -2.57. The molecule has 3 atom stereocenters. The van der Waals surface area contributed by atoms with Gasteiger partial charge in [-0.1, -0.05) is 18.2 Å². The average molecular weight is 707 g/mol. The van der Waals surface area contributed by atoms with Gasteiger partial charge in [0.05, 0.1) is 40.3 Å². The van der Waals surface area contributed by atoms with Crippen molar-refractivity contribution in [1.29, 1.82) is 0 Å². The molecule has 12 heteroatoms. The predicted molar refractivity (Wildman–Crippen MR) is 198 cm³/mol. The zero-order chi connectivity index (χ0) is 36.2. The minimum Gasteiger partial charge on any atom is -0.493 e. The van der Waals surface area contributed by atoms with E-state index in [-0.39, 0.29) is 11.8 Å². The van der Waals surface area contributed by atoms with E-state index < -0.39 is 17.8 Å². The van der Waals surface area contributed by atoms with Crippen LogP contribution in [-0.2, 0) is 16.0 Å². The molecule has 3 aliphatic rings. The first-order valence-corrected chi connectivity index (χ1v) is 17.8. The van der Waals surface area contributed by atoms with E-state index in [0.717, 1.165) is 28.3 Å². The largest absolute Gasteiger partial charge is 0.493 e. The topological polar surface area (TPSA) is 110 Å². The van der Waals surface area contributed by atoms with E-state index in [9.17, 15) is 4.79 Å². The third-order valence-corrected chi connectivity index (χ3v) is 10.7. The van der Waals surface area contributed by atoms with Crippen molar-refractivity contribution in [3.8, 4) is 23.0 Å². The van der Waals surface area contributed by atoms with E-state index in [1.54, 1.807) is 40.8 Å². The van der Waals surface area contributed by atoms with Crippen molar-refractivity contribution in [1.82, 2.24) is 19.8 Å². The second-order valence-corrected chi connectivity index (χ2v) is 13.3. The van der Waals surface area contributed by atoms with Gasteiger partial charge in [-0.2, -0.15) is 0 Å². The molecule has 4 heterocycles. The summed E-state index contributed by atoms with van der Waals surface area (Å²) in [5.74, 6) is 2.24. The summed E-state index contributed by atoms with van der Waals surface area (Å²) in [6.45, 7) is 4.72. The maximum absolute atomic E-state index is 15.2. The molecule has 1 aliphatic carbocycles. The highest BCUT2D eigenvalue weighted by atomic mass is 16.5. The second-order valence-electron chi connectivity index (χ2n) is 13.3. The fraction of sp³-hybridized carbons (Fsp3) is 0.400. The van der Waals surface area contributed by atoms with Crippen LogP contribution in [0.15, 0.2) is 79.1 Å². The van der Waals surface area contributed by atoms with Crippen LogP contribution in [-0.4, -0.2) is 112 Å². The standard InChI is InChI=1S/C40H46N6O6/c1-49-31-12-11-27(24-32(31)50-2)37-29-26-34(52-4)33(51-3)25-28(29)23-30(39(47)45-19-15-43(16-20-45)35-9-5-7-13-41-35)38(37)40(48)46-21-17-44(18-22-46)36-10-6-8-14-42-36/h5-14,24-26,30,37-38H,15-23H2,1-4H3. The normalized spacial score (nSPS) is 20.2. The molecule has 12 nitrogen and oxygen atoms in total. The van der Waals surface area contributed by atoms with Crippen LogP contribution in [0.1, 0.15) is 22.6 Å². The van der Waals surface area contributed by atoms with Crippen molar-refractivity contribution in [2.24, 2.45) is 11.8 Å². The molecule has 52 heavy (non-hydrogen) atoms. The SMILES string of the molecule is COc1ccc(C2c3cc(OC)c(OC)cc3CC(C(=O)N3CCN(c4ccccn4)CC3)C2C(=O)N2CCN(c3ccccn3)CC2)cc1OC. The summed E-state index contributed by atoms with van der Waals surface area (Å²) in [7, 11) is 6.42. The second kappa shape index (κ2) is 15.4. The molecule has 0 saturated carbocycles. The van der Waals surface area contributed by atoms with Crippen molar-refractivity contribution in [2.75, 3.05) is 90.6 Å². The van der Waals surface area contributed by atoms with Gasteiger partial charge < -0.3 is 38.5 Å². The van der Waals surface area contributed by atoms with Crippen LogP contribution in [0.2, 0.25) is 0 Å². The maximum Gasteiger partial charge on any atom is 0.227 e. The van der Waals surface area contributed by atoms with Crippen molar-refractivity contribution in [2.45, 2.75) is 12.3 Å². The number of methoxy groups -OCH3 is 4. The number of carbonyl (C=O) groups excluding carboxylic acids is 2. The minimum atomic E-state index is -0.688. The van der Waals surface area contributed by atoms with Gasteiger partial charge >= 0.3 is 0 Å². The Hall–Kier alpha value is -5.52. The summed E-state index contributed by atoms with van der Waals surface area (Å²) in [5.41, 5.74) is 2.74. The Labute approximate surface area is 304 Å². The number of pyridine rings is 2. The van der Waals surface area contributed by atoms with Gasteiger partial charge in [0.25, 0.3) is 0 Å². The highest BCUT2D eigenvalue weighted by Gasteiger charge is 2.49. The number of piperazine rings is 2. The number of amides is 2. The van der Waals surface area contributed by atoms with Gasteiger partial charge in [-0.3, -0.25) is 9.59 Å².